The van der Waals surface area contributed by atoms with Crippen molar-refractivity contribution in [3.63, 3.8) is 0 Å². The van der Waals surface area contributed by atoms with Gasteiger partial charge in [-0.25, -0.2) is 8.78 Å². The fraction of sp³-hybridized carbons (Fsp3) is 1.00. The first-order valence-electron chi connectivity index (χ1n) is 4.59. The Kier molecular flexibility index (Phi) is 3.44. The van der Waals surface area contributed by atoms with Gasteiger partial charge in [-0.1, -0.05) is 13.3 Å². The quantitative estimate of drug-likeness (QED) is 0.639. The summed E-state index contributed by atoms with van der Waals surface area (Å²) in [4.78, 5) is 1.81. The van der Waals surface area contributed by atoms with Crippen LogP contribution >= 0.6 is 0 Å². The second-order valence-corrected chi connectivity index (χ2v) is 3.81. The second-order valence-electron chi connectivity index (χ2n) is 3.81. The molecule has 1 aliphatic carbocycles. The molecule has 1 nitrogen and oxygen atoms in total. The SMILES string of the molecule is CC1CCCC1N(C)CC(F)F. The maximum atomic E-state index is 12.0. The van der Waals surface area contributed by atoms with E-state index in [0.29, 0.717) is 12.0 Å². The van der Waals surface area contributed by atoms with Crippen molar-refractivity contribution in [2.75, 3.05) is 13.6 Å². The molecule has 12 heavy (non-hydrogen) atoms. The highest BCUT2D eigenvalue weighted by molar-refractivity contribution is 4.81. The lowest BCUT2D eigenvalue weighted by Crippen LogP contribution is -2.36. The van der Waals surface area contributed by atoms with Crippen molar-refractivity contribution in [2.24, 2.45) is 5.92 Å². The lowest BCUT2D eigenvalue weighted by atomic mass is 10.1. The summed E-state index contributed by atoms with van der Waals surface area (Å²) >= 11 is 0. The molecule has 1 rings (SSSR count). The molecule has 2 atom stereocenters. The first-order valence-corrected chi connectivity index (χ1v) is 4.59. The van der Waals surface area contributed by atoms with E-state index in [0.717, 1.165) is 6.42 Å². The standard InChI is InChI=1S/C9H17F2N/c1-7-4-3-5-8(7)12(2)6-9(10)11/h7-9H,3-6H2,1-2H3. The maximum absolute atomic E-state index is 12.0. The van der Waals surface area contributed by atoms with E-state index >= 15 is 0 Å². The fourth-order valence-corrected chi connectivity index (χ4v) is 2.13. The predicted octanol–water partition coefficient (Wildman–Crippen LogP) is 2.37. The molecule has 0 spiro atoms. The van der Waals surface area contributed by atoms with E-state index in [1.165, 1.54) is 12.8 Å². The molecule has 1 aliphatic rings. The second kappa shape index (κ2) is 4.17. The van der Waals surface area contributed by atoms with Crippen LogP contribution in [0.2, 0.25) is 0 Å². The minimum Gasteiger partial charge on any atom is -0.298 e. The summed E-state index contributed by atoms with van der Waals surface area (Å²) in [6, 6.07) is 0.388. The van der Waals surface area contributed by atoms with Crippen LogP contribution in [0, 0.1) is 5.92 Å². The normalized spacial score (nSPS) is 30.5. The van der Waals surface area contributed by atoms with Crippen LogP contribution in [0.4, 0.5) is 8.78 Å². The molecular formula is C9H17F2N. The van der Waals surface area contributed by atoms with Crippen molar-refractivity contribution in [2.45, 2.75) is 38.7 Å². The first kappa shape index (κ1) is 9.90. The molecule has 0 aromatic heterocycles. The monoisotopic (exact) mass is 177 g/mol. The molecule has 2 unspecified atom stereocenters. The summed E-state index contributed by atoms with van der Waals surface area (Å²) < 4.78 is 24.0. The summed E-state index contributed by atoms with van der Waals surface area (Å²) in [7, 11) is 1.80. The third-order valence-electron chi connectivity index (χ3n) is 2.81. The van der Waals surface area contributed by atoms with Gasteiger partial charge in [0.25, 0.3) is 6.43 Å². The predicted molar refractivity (Wildman–Crippen MR) is 45.4 cm³/mol. The number of rotatable bonds is 3. The molecule has 0 aromatic rings. The van der Waals surface area contributed by atoms with Gasteiger partial charge < -0.3 is 0 Å². The van der Waals surface area contributed by atoms with E-state index < -0.39 is 6.43 Å². The highest BCUT2D eigenvalue weighted by Gasteiger charge is 2.27. The lowest BCUT2D eigenvalue weighted by Gasteiger charge is -2.27. The van der Waals surface area contributed by atoms with Gasteiger partial charge in [0.15, 0.2) is 0 Å². The molecule has 0 heterocycles. The minimum atomic E-state index is -2.19. The number of hydrogen-bond acceptors (Lipinski definition) is 1. The van der Waals surface area contributed by atoms with Crippen molar-refractivity contribution in [1.29, 1.82) is 0 Å². The van der Waals surface area contributed by atoms with Gasteiger partial charge in [-0.15, -0.1) is 0 Å². The van der Waals surface area contributed by atoms with Gasteiger partial charge in [0.1, 0.15) is 0 Å². The van der Waals surface area contributed by atoms with Crippen LogP contribution in [0.15, 0.2) is 0 Å². The molecule has 0 aliphatic heterocycles. The first-order chi connectivity index (χ1) is 5.61. The van der Waals surface area contributed by atoms with Gasteiger partial charge in [0.2, 0.25) is 0 Å². The zero-order chi connectivity index (χ0) is 9.14. The number of alkyl halides is 2. The van der Waals surface area contributed by atoms with E-state index in [9.17, 15) is 8.78 Å². The van der Waals surface area contributed by atoms with E-state index in [2.05, 4.69) is 6.92 Å². The summed E-state index contributed by atoms with van der Waals surface area (Å²) in [6.07, 6.45) is 1.28. The van der Waals surface area contributed by atoms with Crippen LogP contribution in [0.25, 0.3) is 0 Å². The molecular weight excluding hydrogens is 160 g/mol. The van der Waals surface area contributed by atoms with Crippen molar-refractivity contribution in [3.05, 3.63) is 0 Å². The largest absolute Gasteiger partial charge is 0.298 e. The molecule has 72 valence electrons. The highest BCUT2D eigenvalue weighted by atomic mass is 19.3. The Morgan fingerprint density at radius 1 is 1.42 bits per heavy atom. The fourth-order valence-electron chi connectivity index (χ4n) is 2.13. The molecule has 3 heteroatoms. The van der Waals surface area contributed by atoms with E-state index in [-0.39, 0.29) is 6.54 Å². The van der Waals surface area contributed by atoms with Crippen LogP contribution in [0.3, 0.4) is 0 Å². The van der Waals surface area contributed by atoms with Gasteiger partial charge in [-0.05, 0) is 25.8 Å². The lowest BCUT2D eigenvalue weighted by molar-refractivity contribution is 0.0729. The van der Waals surface area contributed by atoms with E-state index in [1.54, 1.807) is 7.05 Å². The van der Waals surface area contributed by atoms with Crippen molar-refractivity contribution in [3.8, 4) is 0 Å². The van der Waals surface area contributed by atoms with Crippen molar-refractivity contribution < 1.29 is 8.78 Å². The Morgan fingerprint density at radius 2 is 2.08 bits per heavy atom. The van der Waals surface area contributed by atoms with Gasteiger partial charge in [-0.2, -0.15) is 0 Å². The minimum absolute atomic E-state index is 0.0744. The summed E-state index contributed by atoms with van der Waals surface area (Å²) in [5.41, 5.74) is 0. The maximum Gasteiger partial charge on any atom is 0.251 e. The van der Waals surface area contributed by atoms with Crippen molar-refractivity contribution in [1.82, 2.24) is 4.90 Å². The van der Waals surface area contributed by atoms with E-state index in [1.807, 2.05) is 4.90 Å². The van der Waals surface area contributed by atoms with Crippen LogP contribution in [0.5, 0.6) is 0 Å². The zero-order valence-corrected chi connectivity index (χ0v) is 7.76. The zero-order valence-electron chi connectivity index (χ0n) is 7.76. The van der Waals surface area contributed by atoms with Crippen LogP contribution in [-0.2, 0) is 0 Å². The number of hydrogen-bond donors (Lipinski definition) is 0. The molecule has 0 aromatic carbocycles. The van der Waals surface area contributed by atoms with Crippen LogP contribution in [-0.4, -0.2) is 31.0 Å². The summed E-state index contributed by atoms with van der Waals surface area (Å²) in [5, 5.41) is 0. The smallest absolute Gasteiger partial charge is 0.251 e. The highest BCUT2D eigenvalue weighted by Crippen LogP contribution is 2.28. The van der Waals surface area contributed by atoms with Gasteiger partial charge >= 0.3 is 0 Å². The summed E-state index contributed by atoms with van der Waals surface area (Å²) in [6.45, 7) is 2.08. The number of nitrogens with zero attached hydrogens (tertiary/aromatic N) is 1. The third-order valence-corrected chi connectivity index (χ3v) is 2.81. The average Bonchev–Trinajstić information content (AvgIpc) is 2.33. The van der Waals surface area contributed by atoms with Gasteiger partial charge in [-0.3, -0.25) is 4.90 Å². The molecule has 0 radical (unpaired) electrons. The number of halogens is 2. The van der Waals surface area contributed by atoms with Crippen molar-refractivity contribution >= 4 is 0 Å². The van der Waals surface area contributed by atoms with E-state index in [4.69, 9.17) is 0 Å². The Morgan fingerprint density at radius 3 is 2.50 bits per heavy atom. The molecule has 0 amide bonds. The Hall–Kier alpha value is -0.180. The topological polar surface area (TPSA) is 3.24 Å². The molecule has 0 bridgehead atoms. The Bertz CT molecular complexity index is 138. The molecule has 1 fully saturated rings. The Labute approximate surface area is 72.7 Å². The van der Waals surface area contributed by atoms with Gasteiger partial charge in [0, 0.05) is 6.04 Å². The molecule has 1 saturated carbocycles. The van der Waals surface area contributed by atoms with Crippen LogP contribution in [0.1, 0.15) is 26.2 Å². The average molecular weight is 177 g/mol. The molecule has 0 N–H and O–H groups in total. The third kappa shape index (κ3) is 2.41. The Balaban J connectivity index is 2.35. The molecule has 0 saturated heterocycles. The summed E-state index contributed by atoms with van der Waals surface area (Å²) in [5.74, 6) is 0.591. The van der Waals surface area contributed by atoms with Gasteiger partial charge in [0.05, 0.1) is 6.54 Å². The van der Waals surface area contributed by atoms with Crippen LogP contribution < -0.4 is 0 Å².